The zero-order valence-electron chi connectivity index (χ0n) is 7.15. The topological polar surface area (TPSA) is 34.4 Å². The van der Waals surface area contributed by atoms with E-state index < -0.39 is 0 Å². The van der Waals surface area contributed by atoms with E-state index in [0.29, 0.717) is 6.61 Å². The molecule has 0 saturated heterocycles. The zero-order chi connectivity index (χ0) is 8.65. The van der Waals surface area contributed by atoms with Crippen LogP contribution in [0, 0.1) is 0 Å². The van der Waals surface area contributed by atoms with Crippen LogP contribution in [0.5, 0.6) is 0 Å². The number of nitrogens with zero attached hydrogens (tertiary/aromatic N) is 1. The van der Waals surface area contributed by atoms with Crippen molar-refractivity contribution in [2.24, 2.45) is 0 Å². The van der Waals surface area contributed by atoms with Crippen LogP contribution in [0.15, 0.2) is 24.5 Å². The summed E-state index contributed by atoms with van der Waals surface area (Å²) in [6, 6.07) is 4.02. The molecule has 3 heteroatoms. The molecule has 1 aromatic heterocycles. The molecular weight excluding hydrogens is 154 g/mol. The third kappa shape index (κ3) is 3.55. The van der Waals surface area contributed by atoms with Crippen LogP contribution in [0.4, 0.5) is 0 Å². The molecule has 68 valence electrons. The third-order valence-electron chi connectivity index (χ3n) is 1.61. The molecule has 12 heavy (non-hydrogen) atoms. The summed E-state index contributed by atoms with van der Waals surface area (Å²) >= 11 is 0. The predicted molar refractivity (Wildman–Crippen MR) is 47.0 cm³/mol. The fourth-order valence-corrected chi connectivity index (χ4v) is 1.04. The quantitative estimate of drug-likeness (QED) is 0.642. The molecule has 0 unspecified atom stereocenters. The first-order chi connectivity index (χ1) is 5.93. The molecule has 0 atom stereocenters. The van der Waals surface area contributed by atoms with Gasteiger partial charge in [0.15, 0.2) is 0 Å². The molecule has 0 saturated carbocycles. The van der Waals surface area contributed by atoms with E-state index >= 15 is 0 Å². The average Bonchev–Trinajstić information content (AvgIpc) is 2.57. The summed E-state index contributed by atoms with van der Waals surface area (Å²) in [7, 11) is 0. The van der Waals surface area contributed by atoms with Crippen molar-refractivity contribution in [1.29, 1.82) is 0 Å². The second kappa shape index (κ2) is 5.80. The van der Waals surface area contributed by atoms with Gasteiger partial charge in [0.2, 0.25) is 0 Å². The smallest absolute Gasteiger partial charge is 0.0697 e. The second-order valence-electron chi connectivity index (χ2n) is 2.61. The lowest BCUT2D eigenvalue weighted by atomic mass is 10.4. The fraction of sp³-hybridized carbons (Fsp3) is 0.556. The van der Waals surface area contributed by atoms with Crippen molar-refractivity contribution in [2.75, 3.05) is 19.8 Å². The normalized spacial score (nSPS) is 10.4. The van der Waals surface area contributed by atoms with E-state index in [1.165, 1.54) is 0 Å². The van der Waals surface area contributed by atoms with Gasteiger partial charge in [-0.2, -0.15) is 0 Å². The number of aryl methyl sites for hydroxylation is 1. The average molecular weight is 169 g/mol. The highest BCUT2D eigenvalue weighted by atomic mass is 16.5. The highest BCUT2D eigenvalue weighted by Crippen LogP contribution is 1.93. The highest BCUT2D eigenvalue weighted by molar-refractivity contribution is 4.89. The molecule has 0 aromatic carbocycles. The molecule has 0 bridgehead atoms. The number of ether oxygens (including phenoxy) is 1. The lowest BCUT2D eigenvalue weighted by Crippen LogP contribution is -2.03. The maximum atomic E-state index is 8.42. The predicted octanol–water partition coefficient (Wildman–Crippen LogP) is 0.887. The largest absolute Gasteiger partial charge is 0.394 e. The van der Waals surface area contributed by atoms with Crippen molar-refractivity contribution in [2.45, 2.75) is 13.0 Å². The van der Waals surface area contributed by atoms with Gasteiger partial charge in [-0.3, -0.25) is 0 Å². The Balaban J connectivity index is 1.96. The first-order valence-electron chi connectivity index (χ1n) is 4.23. The minimum absolute atomic E-state index is 0.115. The van der Waals surface area contributed by atoms with Gasteiger partial charge in [0.25, 0.3) is 0 Å². The number of hydrogen-bond acceptors (Lipinski definition) is 2. The number of aliphatic hydroxyl groups excluding tert-OH is 1. The molecule has 0 fully saturated rings. The first-order valence-corrected chi connectivity index (χ1v) is 4.23. The second-order valence-corrected chi connectivity index (χ2v) is 2.61. The van der Waals surface area contributed by atoms with Crippen molar-refractivity contribution in [3.63, 3.8) is 0 Å². The van der Waals surface area contributed by atoms with E-state index in [2.05, 4.69) is 4.57 Å². The van der Waals surface area contributed by atoms with E-state index in [4.69, 9.17) is 9.84 Å². The zero-order valence-corrected chi connectivity index (χ0v) is 7.15. The van der Waals surface area contributed by atoms with E-state index in [1.54, 1.807) is 0 Å². The van der Waals surface area contributed by atoms with Gasteiger partial charge in [-0.25, -0.2) is 0 Å². The molecule has 0 amide bonds. The Kier molecular flexibility index (Phi) is 4.49. The lowest BCUT2D eigenvalue weighted by Gasteiger charge is -2.03. The van der Waals surface area contributed by atoms with Gasteiger partial charge >= 0.3 is 0 Å². The van der Waals surface area contributed by atoms with Crippen LogP contribution >= 0.6 is 0 Å². The van der Waals surface area contributed by atoms with Gasteiger partial charge in [0.05, 0.1) is 13.2 Å². The minimum atomic E-state index is 0.115. The number of hydrogen-bond donors (Lipinski definition) is 1. The molecule has 1 N–H and O–H groups in total. The first kappa shape index (κ1) is 9.29. The van der Waals surface area contributed by atoms with Crippen molar-refractivity contribution >= 4 is 0 Å². The monoisotopic (exact) mass is 169 g/mol. The van der Waals surface area contributed by atoms with Gasteiger partial charge in [0.1, 0.15) is 0 Å². The summed E-state index contributed by atoms with van der Waals surface area (Å²) in [6.07, 6.45) is 5.06. The van der Waals surface area contributed by atoms with E-state index in [1.807, 2.05) is 24.5 Å². The Morgan fingerprint density at radius 3 is 2.58 bits per heavy atom. The third-order valence-corrected chi connectivity index (χ3v) is 1.61. The minimum Gasteiger partial charge on any atom is -0.394 e. The summed E-state index contributed by atoms with van der Waals surface area (Å²) in [4.78, 5) is 0. The highest BCUT2D eigenvalue weighted by Gasteiger charge is 1.89. The Hall–Kier alpha value is -0.800. The SMILES string of the molecule is OCCOCCCn1cccc1. The van der Waals surface area contributed by atoms with Gasteiger partial charge < -0.3 is 14.4 Å². The summed E-state index contributed by atoms with van der Waals surface area (Å²) in [5.41, 5.74) is 0. The Bertz CT molecular complexity index is 184. The Morgan fingerprint density at radius 1 is 1.17 bits per heavy atom. The van der Waals surface area contributed by atoms with E-state index in [9.17, 15) is 0 Å². The van der Waals surface area contributed by atoms with Gasteiger partial charge in [-0.05, 0) is 18.6 Å². The summed E-state index contributed by atoms with van der Waals surface area (Å²) < 4.78 is 7.23. The van der Waals surface area contributed by atoms with Gasteiger partial charge in [-0.1, -0.05) is 0 Å². The van der Waals surface area contributed by atoms with Crippen molar-refractivity contribution in [3.8, 4) is 0 Å². The standard InChI is InChI=1S/C9H15NO2/c11-7-9-12-8-3-6-10-4-1-2-5-10/h1-2,4-5,11H,3,6-9H2. The molecular formula is C9H15NO2. The lowest BCUT2D eigenvalue weighted by molar-refractivity contribution is 0.0888. The van der Waals surface area contributed by atoms with Crippen LogP contribution in [-0.4, -0.2) is 29.5 Å². The van der Waals surface area contributed by atoms with Gasteiger partial charge in [0, 0.05) is 25.5 Å². The van der Waals surface area contributed by atoms with Crippen LogP contribution < -0.4 is 0 Å². The van der Waals surface area contributed by atoms with Crippen LogP contribution in [0.25, 0.3) is 0 Å². The Morgan fingerprint density at radius 2 is 1.92 bits per heavy atom. The molecule has 0 radical (unpaired) electrons. The van der Waals surface area contributed by atoms with Crippen molar-refractivity contribution < 1.29 is 9.84 Å². The maximum Gasteiger partial charge on any atom is 0.0697 e. The van der Waals surface area contributed by atoms with Crippen LogP contribution in [0.3, 0.4) is 0 Å². The fourth-order valence-electron chi connectivity index (χ4n) is 1.04. The maximum absolute atomic E-state index is 8.42. The van der Waals surface area contributed by atoms with Crippen molar-refractivity contribution in [1.82, 2.24) is 4.57 Å². The Labute approximate surface area is 72.6 Å². The number of aliphatic hydroxyl groups is 1. The molecule has 0 aliphatic carbocycles. The molecule has 0 spiro atoms. The molecule has 0 aliphatic rings. The summed E-state index contributed by atoms with van der Waals surface area (Å²) in [5, 5.41) is 8.42. The van der Waals surface area contributed by atoms with Gasteiger partial charge in [-0.15, -0.1) is 0 Å². The summed E-state index contributed by atoms with van der Waals surface area (Å²) in [6.45, 7) is 2.27. The van der Waals surface area contributed by atoms with Crippen LogP contribution in [0.1, 0.15) is 6.42 Å². The molecule has 1 heterocycles. The number of aromatic nitrogens is 1. The van der Waals surface area contributed by atoms with Crippen LogP contribution in [-0.2, 0) is 11.3 Å². The number of rotatable bonds is 6. The summed E-state index contributed by atoms with van der Waals surface area (Å²) in [5.74, 6) is 0. The van der Waals surface area contributed by atoms with Crippen LogP contribution in [0.2, 0.25) is 0 Å². The molecule has 1 rings (SSSR count). The van der Waals surface area contributed by atoms with Crippen molar-refractivity contribution in [3.05, 3.63) is 24.5 Å². The van der Waals surface area contributed by atoms with E-state index in [0.717, 1.165) is 19.6 Å². The molecule has 3 nitrogen and oxygen atoms in total. The molecule has 0 aliphatic heterocycles. The van der Waals surface area contributed by atoms with E-state index in [-0.39, 0.29) is 6.61 Å². The molecule has 1 aromatic rings.